The lowest BCUT2D eigenvalue weighted by molar-refractivity contribution is -0.0501. The number of hydrogen-bond donors (Lipinski definition) is 2. The monoisotopic (exact) mass is 329 g/mol. The molecular formula is C9H10F3N3O5S. The summed E-state index contributed by atoms with van der Waals surface area (Å²) in [6, 6.07) is -0.704. The lowest BCUT2D eigenvalue weighted by Gasteiger charge is -2.30. The van der Waals surface area contributed by atoms with Crippen molar-refractivity contribution in [1.82, 2.24) is 15.1 Å². The molecule has 0 aromatic carbocycles. The van der Waals surface area contributed by atoms with Gasteiger partial charge in [-0.3, -0.25) is 10.00 Å². The number of amides is 1. The molecule has 2 N–H and O–H groups in total. The van der Waals surface area contributed by atoms with Crippen molar-refractivity contribution in [3.8, 4) is 5.88 Å². The van der Waals surface area contributed by atoms with Crippen LogP contribution in [0.5, 0.6) is 5.88 Å². The van der Waals surface area contributed by atoms with Crippen molar-refractivity contribution >= 4 is 16.2 Å². The first-order valence-corrected chi connectivity index (χ1v) is 7.03. The summed E-state index contributed by atoms with van der Waals surface area (Å²) in [5.41, 5.74) is -5.24. The molecule has 12 heteroatoms. The van der Waals surface area contributed by atoms with E-state index in [4.69, 9.17) is 5.11 Å². The van der Waals surface area contributed by atoms with Crippen LogP contribution in [0.25, 0.3) is 0 Å². The number of H-pyrrole nitrogens is 1. The number of nitrogens with one attached hydrogen (secondary N) is 1. The minimum atomic E-state index is -5.81. The minimum Gasteiger partial charge on any atom is -0.465 e. The number of aromatic amines is 1. The van der Waals surface area contributed by atoms with E-state index in [9.17, 15) is 26.4 Å². The summed E-state index contributed by atoms with van der Waals surface area (Å²) in [5.74, 6) is -0.709. The summed E-state index contributed by atoms with van der Waals surface area (Å²) < 4.78 is 62.7. The first-order valence-electron chi connectivity index (χ1n) is 5.62. The number of hydrogen-bond acceptors (Lipinski definition) is 5. The SMILES string of the molecule is C[C@@H]1c2[nH]nc(OS(=O)(=O)C(F)(F)F)c2CCN1C(=O)O. The molecule has 1 aromatic rings. The van der Waals surface area contributed by atoms with Gasteiger partial charge in [-0.15, -0.1) is 5.10 Å². The molecule has 1 atom stereocenters. The fourth-order valence-electron chi connectivity index (χ4n) is 2.01. The lowest BCUT2D eigenvalue weighted by atomic mass is 10.0. The van der Waals surface area contributed by atoms with Crippen LogP contribution in [0.2, 0.25) is 0 Å². The molecule has 0 aliphatic carbocycles. The molecule has 2 rings (SSSR count). The van der Waals surface area contributed by atoms with Crippen molar-refractivity contribution < 1.29 is 35.7 Å². The van der Waals surface area contributed by atoms with Crippen LogP contribution in [0.3, 0.4) is 0 Å². The number of carboxylic acid groups (broad SMARTS) is 1. The highest BCUT2D eigenvalue weighted by molar-refractivity contribution is 7.87. The number of nitrogens with zero attached hydrogens (tertiary/aromatic N) is 2. The van der Waals surface area contributed by atoms with E-state index in [-0.39, 0.29) is 24.2 Å². The zero-order valence-corrected chi connectivity index (χ0v) is 11.3. The van der Waals surface area contributed by atoms with Crippen LogP contribution in [0.4, 0.5) is 18.0 Å². The smallest absolute Gasteiger partial charge is 0.465 e. The summed E-state index contributed by atoms with van der Waals surface area (Å²) in [6.45, 7) is 1.48. The Morgan fingerprint density at radius 3 is 2.67 bits per heavy atom. The number of fused-ring (bicyclic) bond motifs is 1. The summed E-state index contributed by atoms with van der Waals surface area (Å²) in [6.07, 6.45) is -1.21. The summed E-state index contributed by atoms with van der Waals surface area (Å²) >= 11 is 0. The molecule has 118 valence electrons. The van der Waals surface area contributed by atoms with Crippen molar-refractivity contribution in [2.75, 3.05) is 6.54 Å². The van der Waals surface area contributed by atoms with Crippen molar-refractivity contribution in [1.29, 1.82) is 0 Å². The molecule has 0 unspecified atom stereocenters. The van der Waals surface area contributed by atoms with Gasteiger partial charge >= 0.3 is 21.7 Å². The predicted octanol–water partition coefficient (Wildman–Crippen LogP) is 1.24. The van der Waals surface area contributed by atoms with Gasteiger partial charge in [0.05, 0.1) is 11.7 Å². The molecule has 0 spiro atoms. The highest BCUT2D eigenvalue weighted by atomic mass is 32.2. The average molecular weight is 329 g/mol. The van der Waals surface area contributed by atoms with E-state index in [1.165, 1.54) is 6.92 Å². The van der Waals surface area contributed by atoms with E-state index >= 15 is 0 Å². The largest absolute Gasteiger partial charge is 0.534 e. The number of halogens is 3. The van der Waals surface area contributed by atoms with E-state index in [1.807, 2.05) is 0 Å². The van der Waals surface area contributed by atoms with Gasteiger partial charge in [0, 0.05) is 12.1 Å². The van der Waals surface area contributed by atoms with Crippen molar-refractivity contribution in [3.63, 3.8) is 0 Å². The maximum absolute atomic E-state index is 12.3. The van der Waals surface area contributed by atoms with Crippen LogP contribution in [0.15, 0.2) is 0 Å². The van der Waals surface area contributed by atoms with Gasteiger partial charge in [-0.1, -0.05) is 0 Å². The predicted molar refractivity (Wildman–Crippen MR) is 61.0 cm³/mol. The molecule has 0 saturated carbocycles. The highest BCUT2D eigenvalue weighted by Crippen LogP contribution is 2.35. The molecule has 21 heavy (non-hydrogen) atoms. The maximum atomic E-state index is 12.3. The zero-order valence-electron chi connectivity index (χ0n) is 10.5. The van der Waals surface area contributed by atoms with Crippen LogP contribution in [-0.2, 0) is 16.5 Å². The molecule has 1 amide bonds. The van der Waals surface area contributed by atoms with Crippen molar-refractivity contribution in [2.24, 2.45) is 0 Å². The molecule has 0 saturated heterocycles. The van der Waals surface area contributed by atoms with E-state index in [0.29, 0.717) is 0 Å². The Balaban J connectivity index is 2.33. The molecule has 0 bridgehead atoms. The van der Waals surface area contributed by atoms with Gasteiger partial charge in [0.25, 0.3) is 5.88 Å². The van der Waals surface area contributed by atoms with Gasteiger partial charge in [0.1, 0.15) is 0 Å². The molecule has 0 radical (unpaired) electrons. The van der Waals surface area contributed by atoms with Gasteiger partial charge in [-0.05, 0) is 13.3 Å². The standard InChI is InChI=1S/C9H10F3N3O5S/c1-4-6-5(2-3-15(4)8(16)17)7(14-13-6)20-21(18,19)9(10,11)12/h4H,2-3H2,1H3,(H,13,14)(H,16,17)/t4-/m1/s1. The number of carbonyl (C=O) groups is 1. The molecule has 2 heterocycles. The van der Waals surface area contributed by atoms with Gasteiger partial charge in [-0.2, -0.15) is 21.6 Å². The van der Waals surface area contributed by atoms with Crippen LogP contribution >= 0.6 is 0 Å². The van der Waals surface area contributed by atoms with Crippen LogP contribution in [0, 0.1) is 0 Å². The third-order valence-corrected chi connectivity index (χ3v) is 4.01. The van der Waals surface area contributed by atoms with Crippen LogP contribution in [0.1, 0.15) is 24.2 Å². The van der Waals surface area contributed by atoms with Crippen molar-refractivity contribution in [2.45, 2.75) is 24.9 Å². The summed E-state index contributed by atoms with van der Waals surface area (Å²) in [7, 11) is -5.81. The Hall–Kier alpha value is -1.98. The van der Waals surface area contributed by atoms with E-state index in [1.54, 1.807) is 0 Å². The Kier molecular flexibility index (Phi) is 3.51. The van der Waals surface area contributed by atoms with Crippen LogP contribution in [-0.4, -0.2) is 46.8 Å². The minimum absolute atomic E-state index is 0.00847. The quantitative estimate of drug-likeness (QED) is 0.623. The summed E-state index contributed by atoms with van der Waals surface area (Å²) in [4.78, 5) is 12.0. The Labute approximate surface area is 116 Å². The third kappa shape index (κ3) is 2.62. The van der Waals surface area contributed by atoms with E-state index < -0.39 is 33.6 Å². The second-order valence-corrected chi connectivity index (χ2v) is 5.84. The van der Waals surface area contributed by atoms with Gasteiger partial charge in [0.15, 0.2) is 0 Å². The highest BCUT2D eigenvalue weighted by Gasteiger charge is 2.49. The third-order valence-electron chi connectivity index (χ3n) is 3.07. The van der Waals surface area contributed by atoms with E-state index in [0.717, 1.165) is 4.90 Å². The van der Waals surface area contributed by atoms with E-state index in [2.05, 4.69) is 14.4 Å². The molecule has 1 aliphatic heterocycles. The fraction of sp³-hybridized carbons (Fsp3) is 0.556. The second kappa shape index (κ2) is 4.79. The molecular weight excluding hydrogens is 319 g/mol. The Morgan fingerprint density at radius 2 is 2.14 bits per heavy atom. The first-order chi connectivity index (χ1) is 9.54. The Morgan fingerprint density at radius 1 is 1.52 bits per heavy atom. The molecule has 1 aliphatic rings. The van der Waals surface area contributed by atoms with Crippen LogP contribution < -0.4 is 4.18 Å². The molecule has 0 fully saturated rings. The zero-order chi connectivity index (χ0) is 16.0. The first kappa shape index (κ1) is 15.4. The molecule has 8 nitrogen and oxygen atoms in total. The number of aromatic nitrogens is 2. The topological polar surface area (TPSA) is 113 Å². The van der Waals surface area contributed by atoms with Gasteiger partial charge < -0.3 is 9.29 Å². The van der Waals surface area contributed by atoms with Gasteiger partial charge in [-0.25, -0.2) is 4.79 Å². The van der Waals surface area contributed by atoms with Crippen molar-refractivity contribution in [3.05, 3.63) is 11.3 Å². The number of alkyl halides is 3. The Bertz CT molecular complexity index is 669. The second-order valence-electron chi connectivity index (χ2n) is 4.31. The maximum Gasteiger partial charge on any atom is 0.534 e. The fourth-order valence-corrected chi connectivity index (χ4v) is 2.45. The lowest BCUT2D eigenvalue weighted by Crippen LogP contribution is -2.38. The molecule has 1 aromatic heterocycles. The van der Waals surface area contributed by atoms with Gasteiger partial charge in [0.2, 0.25) is 0 Å². The summed E-state index contributed by atoms with van der Waals surface area (Å²) in [5, 5.41) is 14.7. The number of rotatable bonds is 2. The normalized spacial score (nSPS) is 19.2. The average Bonchev–Trinajstić information content (AvgIpc) is 2.71.